The van der Waals surface area contributed by atoms with E-state index in [0.29, 0.717) is 17.8 Å². The lowest BCUT2D eigenvalue weighted by Crippen LogP contribution is -2.45. The van der Waals surface area contributed by atoms with Crippen LogP contribution < -0.4 is 5.32 Å². The number of hydrogen-bond donors (Lipinski definition) is 1. The predicted octanol–water partition coefficient (Wildman–Crippen LogP) is 4.31. The Morgan fingerprint density at radius 1 is 1.43 bits per heavy atom. The number of carbonyl (C=O) groups is 1. The summed E-state index contributed by atoms with van der Waals surface area (Å²) in [5.41, 5.74) is 0. The highest BCUT2D eigenvalue weighted by Gasteiger charge is 2.44. The summed E-state index contributed by atoms with van der Waals surface area (Å²) in [6.07, 6.45) is 6.24. The van der Waals surface area contributed by atoms with E-state index in [1.165, 1.54) is 17.8 Å². The Kier molecular flexibility index (Phi) is 4.54. The number of ether oxygens (including phenoxy) is 1. The van der Waals surface area contributed by atoms with Gasteiger partial charge in [-0.05, 0) is 67.3 Å². The van der Waals surface area contributed by atoms with Gasteiger partial charge in [0.15, 0.2) is 0 Å². The molecule has 2 aliphatic carbocycles. The molecule has 1 amide bonds. The molecule has 2 atom stereocenters. The van der Waals surface area contributed by atoms with Crippen LogP contribution in [-0.2, 0) is 4.74 Å². The van der Waals surface area contributed by atoms with E-state index in [1.54, 1.807) is 11.3 Å². The number of carbonyl (C=O) groups excluding carboxylic acids is 1. The van der Waals surface area contributed by atoms with Crippen molar-refractivity contribution in [3.8, 4) is 0 Å². The molecule has 0 spiro atoms. The highest BCUT2D eigenvalue weighted by molar-refractivity contribution is 9.11. The molecule has 2 bridgehead atoms. The van der Waals surface area contributed by atoms with Gasteiger partial charge in [0.1, 0.15) is 0 Å². The molecule has 6 heteroatoms. The molecule has 2 saturated carbocycles. The SMILES string of the molecule is CC(C)OC(=O)NC1C2CCC1CC(c1ncc(Br)s1)C2. The van der Waals surface area contributed by atoms with E-state index in [9.17, 15) is 4.79 Å². The smallest absolute Gasteiger partial charge is 0.407 e. The number of rotatable bonds is 3. The van der Waals surface area contributed by atoms with Crippen molar-refractivity contribution in [1.29, 1.82) is 0 Å². The first-order chi connectivity index (χ1) is 10.0. The summed E-state index contributed by atoms with van der Waals surface area (Å²) < 4.78 is 6.33. The van der Waals surface area contributed by atoms with Gasteiger partial charge in [-0.2, -0.15) is 0 Å². The Labute approximate surface area is 137 Å². The van der Waals surface area contributed by atoms with Gasteiger partial charge in [0.05, 0.1) is 21.1 Å². The van der Waals surface area contributed by atoms with E-state index < -0.39 is 0 Å². The largest absolute Gasteiger partial charge is 0.447 e. The van der Waals surface area contributed by atoms with Gasteiger partial charge in [0.2, 0.25) is 0 Å². The summed E-state index contributed by atoms with van der Waals surface area (Å²) in [6.45, 7) is 3.76. The zero-order valence-electron chi connectivity index (χ0n) is 12.3. The Morgan fingerprint density at radius 3 is 2.62 bits per heavy atom. The first kappa shape index (κ1) is 15.3. The summed E-state index contributed by atoms with van der Waals surface area (Å²) in [7, 11) is 0. The van der Waals surface area contributed by atoms with Crippen molar-refractivity contribution < 1.29 is 9.53 Å². The number of fused-ring (bicyclic) bond motifs is 2. The molecule has 2 unspecified atom stereocenters. The number of hydrogen-bond acceptors (Lipinski definition) is 4. The molecule has 2 fully saturated rings. The van der Waals surface area contributed by atoms with Crippen molar-refractivity contribution in [3.63, 3.8) is 0 Å². The van der Waals surface area contributed by atoms with Crippen LogP contribution in [0.2, 0.25) is 0 Å². The summed E-state index contributed by atoms with van der Waals surface area (Å²) in [6, 6.07) is 0.288. The lowest BCUT2D eigenvalue weighted by atomic mass is 9.77. The van der Waals surface area contributed by atoms with Crippen molar-refractivity contribution in [3.05, 3.63) is 15.0 Å². The van der Waals surface area contributed by atoms with E-state index >= 15 is 0 Å². The lowest BCUT2D eigenvalue weighted by Gasteiger charge is -2.34. The van der Waals surface area contributed by atoms with Gasteiger partial charge in [-0.25, -0.2) is 9.78 Å². The molecule has 1 N–H and O–H groups in total. The molecule has 21 heavy (non-hydrogen) atoms. The van der Waals surface area contributed by atoms with Crippen molar-refractivity contribution in [2.45, 2.75) is 57.6 Å². The zero-order chi connectivity index (χ0) is 15.0. The van der Waals surface area contributed by atoms with E-state index in [-0.39, 0.29) is 18.2 Å². The van der Waals surface area contributed by atoms with Gasteiger partial charge in [-0.1, -0.05) is 0 Å². The van der Waals surface area contributed by atoms with E-state index in [2.05, 4.69) is 26.2 Å². The van der Waals surface area contributed by atoms with Crippen LogP contribution in [0.4, 0.5) is 4.79 Å². The van der Waals surface area contributed by atoms with Crippen molar-refractivity contribution in [2.24, 2.45) is 11.8 Å². The third-order valence-corrected chi connectivity index (χ3v) is 6.21. The first-order valence-electron chi connectivity index (χ1n) is 7.61. The maximum atomic E-state index is 11.8. The molecule has 0 aromatic carbocycles. The number of halogens is 1. The van der Waals surface area contributed by atoms with Crippen LogP contribution in [0.5, 0.6) is 0 Å². The fourth-order valence-corrected chi connectivity index (χ4v) is 5.18. The van der Waals surface area contributed by atoms with E-state index in [1.807, 2.05) is 20.0 Å². The van der Waals surface area contributed by atoms with Gasteiger partial charge in [-0.3, -0.25) is 0 Å². The standard InChI is InChI=1S/C15H21BrN2O2S/c1-8(2)20-15(19)18-13-9-3-4-10(13)6-11(5-9)14-17-7-12(16)21-14/h7-11,13H,3-6H2,1-2H3,(H,18,19). The molecule has 2 aliphatic rings. The highest BCUT2D eigenvalue weighted by Crippen LogP contribution is 2.49. The van der Waals surface area contributed by atoms with Crippen LogP contribution >= 0.6 is 27.3 Å². The van der Waals surface area contributed by atoms with Crippen LogP contribution in [0.1, 0.15) is 50.5 Å². The maximum absolute atomic E-state index is 11.8. The third-order valence-electron chi connectivity index (χ3n) is 4.57. The quantitative estimate of drug-likeness (QED) is 0.859. The second-order valence-corrected chi connectivity index (χ2v) is 8.83. The average molecular weight is 373 g/mol. The van der Waals surface area contributed by atoms with Gasteiger partial charge >= 0.3 is 6.09 Å². The molecule has 0 saturated heterocycles. The number of amides is 1. The normalized spacial score (nSPS) is 31.4. The van der Waals surface area contributed by atoms with Gasteiger partial charge < -0.3 is 10.1 Å². The Hall–Kier alpha value is -0.620. The van der Waals surface area contributed by atoms with Gasteiger partial charge in [0, 0.05) is 12.0 Å². The summed E-state index contributed by atoms with van der Waals surface area (Å²) in [4.78, 5) is 16.4. The van der Waals surface area contributed by atoms with Crippen LogP contribution in [0.3, 0.4) is 0 Å². The Morgan fingerprint density at radius 2 is 2.10 bits per heavy atom. The molecule has 3 rings (SSSR count). The lowest BCUT2D eigenvalue weighted by molar-refractivity contribution is 0.103. The summed E-state index contributed by atoms with van der Waals surface area (Å²) in [5.74, 6) is 1.69. The molecular weight excluding hydrogens is 352 g/mol. The molecule has 1 aromatic rings. The Balaban J connectivity index is 1.63. The monoisotopic (exact) mass is 372 g/mol. The van der Waals surface area contributed by atoms with Crippen molar-refractivity contribution in [1.82, 2.24) is 10.3 Å². The molecular formula is C15H21BrN2O2S. The predicted molar refractivity (Wildman–Crippen MR) is 86.5 cm³/mol. The van der Waals surface area contributed by atoms with Gasteiger partial charge in [0.25, 0.3) is 0 Å². The fourth-order valence-electron chi connectivity index (χ4n) is 3.81. The number of nitrogens with zero attached hydrogens (tertiary/aromatic N) is 1. The summed E-state index contributed by atoms with van der Waals surface area (Å²) in [5, 5.41) is 4.34. The van der Waals surface area contributed by atoms with Crippen LogP contribution in [0.15, 0.2) is 9.98 Å². The second kappa shape index (κ2) is 6.24. The molecule has 0 radical (unpaired) electrons. The van der Waals surface area contributed by atoms with E-state index in [4.69, 9.17) is 4.74 Å². The Bertz CT molecular complexity index is 506. The van der Waals surface area contributed by atoms with E-state index in [0.717, 1.165) is 16.6 Å². The number of alkyl carbamates (subject to hydrolysis) is 1. The molecule has 116 valence electrons. The van der Waals surface area contributed by atoms with Crippen LogP contribution in [0, 0.1) is 11.8 Å². The maximum Gasteiger partial charge on any atom is 0.407 e. The van der Waals surface area contributed by atoms with Crippen molar-refractivity contribution in [2.75, 3.05) is 0 Å². The molecule has 0 aliphatic heterocycles. The second-order valence-electron chi connectivity index (χ2n) is 6.39. The number of nitrogens with one attached hydrogen (secondary N) is 1. The average Bonchev–Trinajstić information content (AvgIpc) is 2.91. The molecule has 4 nitrogen and oxygen atoms in total. The molecule has 1 heterocycles. The van der Waals surface area contributed by atoms with Gasteiger partial charge in [-0.15, -0.1) is 11.3 Å². The first-order valence-corrected chi connectivity index (χ1v) is 9.22. The van der Waals surface area contributed by atoms with Crippen LogP contribution in [-0.4, -0.2) is 23.2 Å². The molecule has 1 aromatic heterocycles. The minimum atomic E-state index is -0.262. The summed E-state index contributed by atoms with van der Waals surface area (Å²) >= 11 is 5.24. The topological polar surface area (TPSA) is 51.2 Å². The number of aromatic nitrogens is 1. The fraction of sp³-hybridized carbons (Fsp3) is 0.733. The van der Waals surface area contributed by atoms with Crippen LogP contribution in [0.25, 0.3) is 0 Å². The zero-order valence-corrected chi connectivity index (χ0v) is 14.7. The van der Waals surface area contributed by atoms with Crippen molar-refractivity contribution >= 4 is 33.4 Å². The number of thiazole rings is 1. The third kappa shape index (κ3) is 3.42. The highest BCUT2D eigenvalue weighted by atomic mass is 79.9. The minimum absolute atomic E-state index is 0.0633. The minimum Gasteiger partial charge on any atom is -0.447 e.